The van der Waals surface area contributed by atoms with Gasteiger partial charge in [-0.15, -0.1) is 0 Å². The van der Waals surface area contributed by atoms with Gasteiger partial charge in [-0.25, -0.2) is 9.13 Å². The van der Waals surface area contributed by atoms with E-state index in [1.54, 1.807) is 0 Å². The van der Waals surface area contributed by atoms with Crippen molar-refractivity contribution in [2.75, 3.05) is 13.2 Å². The van der Waals surface area contributed by atoms with E-state index in [0.717, 1.165) is 24.2 Å². The van der Waals surface area contributed by atoms with Gasteiger partial charge in [0.05, 0.1) is 0 Å². The smallest absolute Gasteiger partial charge is 0.171 e. The zero-order valence-electron chi connectivity index (χ0n) is 12.3. The molecule has 2 aromatic rings. The Morgan fingerprint density at radius 1 is 0.762 bits per heavy atom. The van der Waals surface area contributed by atoms with Crippen molar-refractivity contribution in [1.29, 1.82) is 0 Å². The highest BCUT2D eigenvalue weighted by atomic mass is 16.5. The van der Waals surface area contributed by atoms with E-state index in [1.807, 2.05) is 61.2 Å². The molecule has 0 saturated carbocycles. The van der Waals surface area contributed by atoms with Gasteiger partial charge in [0.1, 0.15) is 13.2 Å². The van der Waals surface area contributed by atoms with Crippen LogP contribution >= 0.6 is 0 Å². The molecule has 0 fully saturated rings. The fraction of sp³-hybridized carbons (Fsp3) is 0.222. The molecule has 3 nitrogen and oxygen atoms in total. The zero-order valence-corrected chi connectivity index (χ0v) is 12.3. The molecule has 0 unspecified atom stereocenters. The molecule has 3 heteroatoms. The summed E-state index contributed by atoms with van der Waals surface area (Å²) in [5, 5.41) is 0. The lowest BCUT2D eigenvalue weighted by atomic mass is 10.3. The lowest BCUT2D eigenvalue weighted by molar-refractivity contribution is -0.705. The summed E-state index contributed by atoms with van der Waals surface area (Å²) in [7, 11) is 0. The maximum atomic E-state index is 5.67. The molecule has 2 heterocycles. The first-order valence-electron chi connectivity index (χ1n) is 7.12. The first kappa shape index (κ1) is 15.1. The standard InChI is InChI=1S/C18H22N2O/c1-3-17-5-9-19(10-6-17)13-15-21-16-14-20-11-7-18(4-2)8-12-20/h3-12H,1-2,13-16H2/q+2. The summed E-state index contributed by atoms with van der Waals surface area (Å²) in [6, 6.07) is 8.18. The second kappa shape index (κ2) is 8.12. The quantitative estimate of drug-likeness (QED) is 0.536. The zero-order chi connectivity index (χ0) is 14.9. The van der Waals surface area contributed by atoms with Gasteiger partial charge in [-0.3, -0.25) is 0 Å². The molecule has 0 spiro atoms. The van der Waals surface area contributed by atoms with Crippen LogP contribution in [-0.2, 0) is 17.8 Å². The molecule has 0 amide bonds. The molecule has 0 radical (unpaired) electrons. The number of hydrogen-bond acceptors (Lipinski definition) is 1. The Hall–Kier alpha value is -2.26. The van der Waals surface area contributed by atoms with Gasteiger partial charge >= 0.3 is 0 Å². The first-order chi connectivity index (χ1) is 10.3. The summed E-state index contributed by atoms with van der Waals surface area (Å²) in [4.78, 5) is 0. The van der Waals surface area contributed by atoms with Crippen LogP contribution in [0.1, 0.15) is 11.1 Å². The van der Waals surface area contributed by atoms with Crippen LogP contribution in [0.5, 0.6) is 0 Å². The van der Waals surface area contributed by atoms with Gasteiger partial charge in [-0.2, -0.15) is 0 Å². The van der Waals surface area contributed by atoms with Crippen molar-refractivity contribution in [3.8, 4) is 0 Å². The largest absolute Gasteiger partial charge is 0.368 e. The van der Waals surface area contributed by atoms with Crippen molar-refractivity contribution in [3.63, 3.8) is 0 Å². The Labute approximate surface area is 126 Å². The molecule has 108 valence electrons. The summed E-state index contributed by atoms with van der Waals surface area (Å²) in [6.07, 6.45) is 11.9. The van der Waals surface area contributed by atoms with Gasteiger partial charge in [0.15, 0.2) is 37.9 Å². The van der Waals surface area contributed by atoms with E-state index in [-0.39, 0.29) is 0 Å². The number of nitrogens with zero attached hydrogens (tertiary/aromatic N) is 2. The normalized spacial score (nSPS) is 10.3. The summed E-state index contributed by atoms with van der Waals surface area (Å²) >= 11 is 0. The highest BCUT2D eigenvalue weighted by molar-refractivity contribution is 5.44. The maximum absolute atomic E-state index is 5.67. The molecular formula is C18H22N2O+2. The Bertz CT molecular complexity index is 520. The van der Waals surface area contributed by atoms with Gasteiger partial charge in [-0.05, 0) is 11.1 Å². The summed E-state index contributed by atoms with van der Waals surface area (Å²) < 4.78 is 9.89. The van der Waals surface area contributed by atoms with E-state index in [9.17, 15) is 0 Å². The minimum atomic E-state index is 0.712. The van der Waals surface area contributed by atoms with Crippen molar-refractivity contribution in [1.82, 2.24) is 0 Å². The molecule has 0 aliphatic rings. The van der Waals surface area contributed by atoms with E-state index in [2.05, 4.69) is 22.3 Å². The van der Waals surface area contributed by atoms with Crippen LogP contribution < -0.4 is 9.13 Å². The van der Waals surface area contributed by atoms with Crippen LogP contribution in [0.15, 0.2) is 62.2 Å². The predicted molar refractivity (Wildman–Crippen MR) is 84.3 cm³/mol. The van der Waals surface area contributed by atoms with E-state index in [0.29, 0.717) is 13.2 Å². The lowest BCUT2D eigenvalue weighted by Gasteiger charge is -2.01. The van der Waals surface area contributed by atoms with Gasteiger partial charge in [-0.1, -0.05) is 25.3 Å². The fourth-order valence-corrected chi connectivity index (χ4v) is 1.95. The Morgan fingerprint density at radius 3 is 1.48 bits per heavy atom. The van der Waals surface area contributed by atoms with Crippen LogP contribution in [0.4, 0.5) is 0 Å². The number of ether oxygens (including phenoxy) is 1. The predicted octanol–water partition coefficient (Wildman–Crippen LogP) is 2.26. The van der Waals surface area contributed by atoms with E-state index >= 15 is 0 Å². The summed E-state index contributed by atoms with van der Waals surface area (Å²) in [5.74, 6) is 0. The Balaban J connectivity index is 1.66. The lowest BCUT2D eigenvalue weighted by Crippen LogP contribution is -2.37. The van der Waals surface area contributed by atoms with Crippen molar-refractivity contribution >= 4 is 12.2 Å². The molecular weight excluding hydrogens is 260 g/mol. The van der Waals surface area contributed by atoms with Gasteiger partial charge in [0.2, 0.25) is 0 Å². The molecule has 2 aromatic heterocycles. The minimum absolute atomic E-state index is 0.712. The average molecular weight is 282 g/mol. The SMILES string of the molecule is C=Cc1cc[n+](CCOCC[n+]2ccc(C=C)cc2)cc1. The van der Waals surface area contributed by atoms with Crippen LogP contribution in [0, 0.1) is 0 Å². The van der Waals surface area contributed by atoms with Crippen molar-refractivity contribution < 1.29 is 13.9 Å². The minimum Gasteiger partial charge on any atom is -0.368 e. The molecule has 21 heavy (non-hydrogen) atoms. The number of aromatic nitrogens is 2. The number of rotatable bonds is 8. The molecule has 0 saturated heterocycles. The molecule has 2 rings (SSSR count). The van der Waals surface area contributed by atoms with Crippen molar-refractivity contribution in [2.45, 2.75) is 13.1 Å². The Morgan fingerprint density at radius 2 is 1.14 bits per heavy atom. The number of hydrogen-bond donors (Lipinski definition) is 0. The third kappa shape index (κ3) is 4.97. The number of pyridine rings is 2. The molecule has 0 aromatic carbocycles. The van der Waals surface area contributed by atoms with Gasteiger partial charge in [0.25, 0.3) is 0 Å². The molecule has 0 N–H and O–H groups in total. The van der Waals surface area contributed by atoms with Crippen LogP contribution in [0.2, 0.25) is 0 Å². The second-order valence-electron chi connectivity index (χ2n) is 4.76. The molecule has 0 aliphatic heterocycles. The van der Waals surface area contributed by atoms with E-state index in [4.69, 9.17) is 4.74 Å². The Kier molecular flexibility index (Phi) is 5.85. The van der Waals surface area contributed by atoms with E-state index in [1.165, 1.54) is 0 Å². The highest BCUT2D eigenvalue weighted by Crippen LogP contribution is 1.96. The van der Waals surface area contributed by atoms with Gasteiger partial charge < -0.3 is 4.74 Å². The fourth-order valence-electron chi connectivity index (χ4n) is 1.95. The van der Waals surface area contributed by atoms with Crippen LogP contribution in [-0.4, -0.2) is 13.2 Å². The molecule has 0 aliphatic carbocycles. The topological polar surface area (TPSA) is 17.0 Å². The second-order valence-corrected chi connectivity index (χ2v) is 4.76. The third-order valence-electron chi connectivity index (χ3n) is 3.29. The third-order valence-corrected chi connectivity index (χ3v) is 3.29. The van der Waals surface area contributed by atoms with Crippen molar-refractivity contribution in [2.24, 2.45) is 0 Å². The first-order valence-corrected chi connectivity index (χ1v) is 7.12. The maximum Gasteiger partial charge on any atom is 0.171 e. The molecule has 0 atom stereocenters. The van der Waals surface area contributed by atoms with Gasteiger partial charge in [0, 0.05) is 24.3 Å². The van der Waals surface area contributed by atoms with Crippen LogP contribution in [0.25, 0.3) is 12.2 Å². The molecule has 0 bridgehead atoms. The average Bonchev–Trinajstić information content (AvgIpc) is 2.55. The van der Waals surface area contributed by atoms with E-state index < -0.39 is 0 Å². The summed E-state index contributed by atoms with van der Waals surface area (Å²) in [5.41, 5.74) is 2.26. The highest BCUT2D eigenvalue weighted by Gasteiger charge is 2.02. The van der Waals surface area contributed by atoms with Crippen LogP contribution in [0.3, 0.4) is 0 Å². The van der Waals surface area contributed by atoms with Crippen molar-refractivity contribution in [3.05, 3.63) is 73.3 Å². The monoisotopic (exact) mass is 282 g/mol. The summed E-state index contributed by atoms with van der Waals surface area (Å²) in [6.45, 7) is 10.6.